The first-order valence-corrected chi connectivity index (χ1v) is 7.37. The summed E-state index contributed by atoms with van der Waals surface area (Å²) in [4.78, 5) is 24.0. The molecule has 20 heavy (non-hydrogen) atoms. The summed E-state index contributed by atoms with van der Waals surface area (Å²) in [6.45, 7) is 3.93. The topological polar surface area (TPSA) is 54.4 Å². The number of hydrogen-bond acceptors (Lipinski definition) is 2. The summed E-state index contributed by atoms with van der Waals surface area (Å²) >= 11 is 3.33. The molecule has 0 bridgehead atoms. The van der Waals surface area contributed by atoms with E-state index < -0.39 is 17.8 Å². The number of carbonyl (C=O) groups excluding carboxylic acids is 1. The van der Waals surface area contributed by atoms with Gasteiger partial charge < -0.3 is 5.11 Å². The van der Waals surface area contributed by atoms with E-state index in [1.54, 1.807) is 24.3 Å². The summed E-state index contributed by atoms with van der Waals surface area (Å²) in [7, 11) is 0. The molecule has 2 rings (SSSR count). The molecule has 0 aliphatic heterocycles. The Bertz CT molecular complexity index is 572. The lowest BCUT2D eigenvalue weighted by molar-refractivity contribution is -0.143. The molecule has 1 aromatic carbocycles. The van der Waals surface area contributed by atoms with E-state index in [9.17, 15) is 14.7 Å². The average Bonchev–Trinajstić information content (AvgIpc) is 2.41. The van der Waals surface area contributed by atoms with Gasteiger partial charge in [-0.3, -0.25) is 9.59 Å². The number of ketones is 1. The molecule has 0 saturated heterocycles. The minimum absolute atomic E-state index is 0.0725. The first-order valence-electron chi connectivity index (χ1n) is 6.58. The summed E-state index contributed by atoms with van der Waals surface area (Å²) in [6.07, 6.45) is 1.01. The third-order valence-corrected chi connectivity index (χ3v) is 4.58. The second-order valence-electron chi connectivity index (χ2n) is 5.39. The molecule has 3 nitrogen and oxygen atoms in total. The molecule has 0 spiro atoms. The minimum Gasteiger partial charge on any atom is -0.481 e. The Balaban J connectivity index is 2.31. The van der Waals surface area contributed by atoms with Crippen molar-refractivity contribution in [2.45, 2.75) is 26.7 Å². The van der Waals surface area contributed by atoms with Crippen molar-refractivity contribution in [1.29, 1.82) is 0 Å². The Kier molecular flexibility index (Phi) is 4.43. The molecular formula is C16H17BrO3. The molecule has 1 aromatic rings. The number of benzene rings is 1. The average molecular weight is 337 g/mol. The highest BCUT2D eigenvalue weighted by molar-refractivity contribution is 9.10. The van der Waals surface area contributed by atoms with Crippen LogP contribution in [0.5, 0.6) is 0 Å². The molecular weight excluding hydrogens is 320 g/mol. The van der Waals surface area contributed by atoms with Crippen molar-refractivity contribution >= 4 is 27.7 Å². The van der Waals surface area contributed by atoms with Gasteiger partial charge in [0.2, 0.25) is 0 Å². The minimum atomic E-state index is -0.882. The van der Waals surface area contributed by atoms with Crippen LogP contribution in [0.4, 0.5) is 0 Å². The third kappa shape index (κ3) is 3.01. The zero-order valence-corrected chi connectivity index (χ0v) is 13.1. The van der Waals surface area contributed by atoms with Crippen LogP contribution in [0.2, 0.25) is 0 Å². The monoisotopic (exact) mass is 336 g/mol. The van der Waals surface area contributed by atoms with Crippen molar-refractivity contribution in [3.8, 4) is 0 Å². The van der Waals surface area contributed by atoms with Gasteiger partial charge in [0.25, 0.3) is 0 Å². The molecule has 1 aliphatic carbocycles. The maximum Gasteiger partial charge on any atom is 0.307 e. The Hall–Kier alpha value is -1.42. The summed E-state index contributed by atoms with van der Waals surface area (Å²) in [6, 6.07) is 7.09. The van der Waals surface area contributed by atoms with Crippen molar-refractivity contribution in [3.63, 3.8) is 0 Å². The van der Waals surface area contributed by atoms with Gasteiger partial charge in [0.15, 0.2) is 5.78 Å². The van der Waals surface area contributed by atoms with Crippen LogP contribution in [0.1, 0.15) is 37.0 Å². The Morgan fingerprint density at radius 2 is 1.55 bits per heavy atom. The van der Waals surface area contributed by atoms with E-state index in [-0.39, 0.29) is 5.78 Å². The van der Waals surface area contributed by atoms with Crippen LogP contribution in [-0.4, -0.2) is 16.9 Å². The standard InChI is InChI=1S/C16H17BrO3/c1-9-7-13(14(16(19)20)8-10(9)2)15(18)11-3-5-12(17)6-4-11/h3-6,13-14H,7-8H2,1-2H3,(H,19,20). The Labute approximate surface area is 126 Å². The van der Waals surface area contributed by atoms with Crippen molar-refractivity contribution in [1.82, 2.24) is 0 Å². The zero-order chi connectivity index (χ0) is 14.9. The van der Waals surface area contributed by atoms with E-state index in [0.717, 1.165) is 15.6 Å². The largest absolute Gasteiger partial charge is 0.481 e. The van der Waals surface area contributed by atoms with Gasteiger partial charge in [-0.15, -0.1) is 0 Å². The van der Waals surface area contributed by atoms with E-state index in [2.05, 4.69) is 15.9 Å². The molecule has 2 unspecified atom stereocenters. The molecule has 1 aliphatic rings. The van der Waals surface area contributed by atoms with Crippen LogP contribution >= 0.6 is 15.9 Å². The van der Waals surface area contributed by atoms with E-state index in [0.29, 0.717) is 18.4 Å². The number of hydrogen-bond donors (Lipinski definition) is 1. The van der Waals surface area contributed by atoms with Crippen LogP contribution in [0, 0.1) is 11.8 Å². The predicted octanol–water partition coefficient (Wildman–Crippen LogP) is 4.08. The predicted molar refractivity (Wildman–Crippen MR) is 80.7 cm³/mol. The molecule has 0 radical (unpaired) electrons. The van der Waals surface area contributed by atoms with Gasteiger partial charge in [-0.25, -0.2) is 0 Å². The highest BCUT2D eigenvalue weighted by Gasteiger charge is 2.37. The lowest BCUT2D eigenvalue weighted by Gasteiger charge is -2.29. The Morgan fingerprint density at radius 1 is 1.05 bits per heavy atom. The van der Waals surface area contributed by atoms with E-state index in [1.165, 1.54) is 0 Å². The van der Waals surface area contributed by atoms with Crippen molar-refractivity contribution < 1.29 is 14.7 Å². The summed E-state index contributed by atoms with van der Waals surface area (Å²) < 4.78 is 0.902. The number of aliphatic carboxylic acids is 1. The Morgan fingerprint density at radius 3 is 2.05 bits per heavy atom. The summed E-state index contributed by atoms with van der Waals surface area (Å²) in [5.74, 6) is -2.03. The summed E-state index contributed by atoms with van der Waals surface area (Å²) in [5.41, 5.74) is 2.81. The van der Waals surface area contributed by atoms with Crippen LogP contribution in [0.15, 0.2) is 39.9 Å². The van der Waals surface area contributed by atoms with Crippen molar-refractivity contribution in [2.75, 3.05) is 0 Å². The van der Waals surface area contributed by atoms with Gasteiger partial charge in [-0.2, -0.15) is 0 Å². The van der Waals surface area contributed by atoms with Gasteiger partial charge >= 0.3 is 5.97 Å². The lowest BCUT2D eigenvalue weighted by atomic mass is 9.73. The number of allylic oxidation sites excluding steroid dienone is 2. The molecule has 0 aromatic heterocycles. The molecule has 0 saturated carbocycles. The molecule has 106 valence electrons. The van der Waals surface area contributed by atoms with Crippen molar-refractivity contribution in [3.05, 3.63) is 45.4 Å². The number of carbonyl (C=O) groups is 2. The van der Waals surface area contributed by atoms with Crippen LogP contribution in [-0.2, 0) is 4.79 Å². The zero-order valence-electron chi connectivity index (χ0n) is 11.5. The molecule has 4 heteroatoms. The second-order valence-corrected chi connectivity index (χ2v) is 6.31. The molecule has 2 atom stereocenters. The fourth-order valence-corrected chi connectivity index (χ4v) is 2.92. The number of halogens is 1. The van der Waals surface area contributed by atoms with Gasteiger partial charge in [0.05, 0.1) is 5.92 Å². The maximum atomic E-state index is 12.6. The quantitative estimate of drug-likeness (QED) is 0.668. The summed E-state index contributed by atoms with van der Waals surface area (Å²) in [5, 5.41) is 9.37. The molecule has 0 heterocycles. The molecule has 0 fully saturated rings. The number of carboxylic acid groups (broad SMARTS) is 1. The SMILES string of the molecule is CC1=C(C)CC(C(=O)c2ccc(Br)cc2)C(C(=O)O)C1. The van der Waals surface area contributed by atoms with Gasteiger partial charge in [0.1, 0.15) is 0 Å². The third-order valence-electron chi connectivity index (χ3n) is 4.05. The van der Waals surface area contributed by atoms with Crippen LogP contribution < -0.4 is 0 Å². The van der Waals surface area contributed by atoms with Crippen LogP contribution in [0.25, 0.3) is 0 Å². The van der Waals surface area contributed by atoms with Gasteiger partial charge in [-0.1, -0.05) is 39.2 Å². The van der Waals surface area contributed by atoms with E-state index >= 15 is 0 Å². The van der Waals surface area contributed by atoms with Crippen LogP contribution in [0.3, 0.4) is 0 Å². The highest BCUT2D eigenvalue weighted by atomic mass is 79.9. The second kappa shape index (κ2) is 5.92. The van der Waals surface area contributed by atoms with E-state index in [1.807, 2.05) is 13.8 Å². The highest BCUT2D eigenvalue weighted by Crippen LogP contribution is 2.36. The number of Topliss-reactive ketones (excluding diaryl/α,β-unsaturated/α-hetero) is 1. The molecule has 1 N–H and O–H groups in total. The smallest absolute Gasteiger partial charge is 0.307 e. The first-order chi connectivity index (χ1) is 9.40. The fraction of sp³-hybridized carbons (Fsp3) is 0.375. The number of rotatable bonds is 3. The van der Waals surface area contributed by atoms with Gasteiger partial charge in [0, 0.05) is 16.0 Å². The maximum absolute atomic E-state index is 12.6. The molecule has 0 amide bonds. The fourth-order valence-electron chi connectivity index (χ4n) is 2.66. The van der Waals surface area contributed by atoms with Gasteiger partial charge in [-0.05, 0) is 38.8 Å². The lowest BCUT2D eigenvalue weighted by Crippen LogP contribution is -2.33. The van der Waals surface area contributed by atoms with Crippen molar-refractivity contribution in [2.24, 2.45) is 11.8 Å². The van der Waals surface area contributed by atoms with E-state index in [4.69, 9.17) is 0 Å². The first kappa shape index (κ1) is 15.0. The normalized spacial score (nSPS) is 22.8. The number of carboxylic acids is 1.